The molecule has 0 aromatic carbocycles. The number of aliphatic hydroxyl groups excluding tert-OH is 1. The number of aliphatic hydroxyl groups is 1. The molecule has 0 spiro atoms. The van der Waals surface area contributed by atoms with E-state index < -0.39 is 5.60 Å². The van der Waals surface area contributed by atoms with Crippen molar-refractivity contribution < 1.29 is 14.6 Å². The van der Waals surface area contributed by atoms with Gasteiger partial charge in [-0.05, 0) is 33.6 Å². The molecule has 0 unspecified atom stereocenters. The average Bonchev–Trinajstić information content (AvgIpc) is 2.15. The van der Waals surface area contributed by atoms with Gasteiger partial charge in [-0.2, -0.15) is 0 Å². The lowest BCUT2D eigenvalue weighted by atomic mass is 9.93. The Bertz CT molecular complexity index is 247. The van der Waals surface area contributed by atoms with Crippen LogP contribution < -0.4 is 0 Å². The number of piperidine rings is 1. The largest absolute Gasteiger partial charge is 0.444 e. The summed E-state index contributed by atoms with van der Waals surface area (Å²) in [5, 5.41) is 9.72. The molecule has 1 amide bonds. The summed E-state index contributed by atoms with van der Waals surface area (Å²) in [5.41, 5.74) is -0.450. The number of hydrogen-bond donors (Lipinski definition) is 1. The fraction of sp³-hybridized carbons (Fsp3) is 0.917. The Kier molecular flexibility index (Phi) is 4.19. The van der Waals surface area contributed by atoms with Gasteiger partial charge in [-0.3, -0.25) is 0 Å². The molecule has 94 valence electrons. The van der Waals surface area contributed by atoms with E-state index in [9.17, 15) is 9.90 Å². The number of rotatable bonds is 1. The van der Waals surface area contributed by atoms with Crippen LogP contribution in [0.4, 0.5) is 4.79 Å². The Morgan fingerprint density at radius 1 is 1.50 bits per heavy atom. The van der Waals surface area contributed by atoms with Crippen molar-refractivity contribution in [2.45, 2.75) is 52.2 Å². The quantitative estimate of drug-likeness (QED) is 0.748. The van der Waals surface area contributed by atoms with Crippen molar-refractivity contribution >= 4 is 6.09 Å². The molecule has 0 aliphatic carbocycles. The molecule has 1 heterocycles. The highest BCUT2D eigenvalue weighted by atomic mass is 16.6. The van der Waals surface area contributed by atoms with Crippen LogP contribution in [0.2, 0.25) is 0 Å². The van der Waals surface area contributed by atoms with Crippen molar-refractivity contribution in [2.75, 3.05) is 13.1 Å². The molecule has 1 rings (SSSR count). The summed E-state index contributed by atoms with van der Waals surface area (Å²) in [6.07, 6.45) is 1.000. The van der Waals surface area contributed by atoms with Crippen molar-refractivity contribution in [3.05, 3.63) is 0 Å². The van der Waals surface area contributed by atoms with Gasteiger partial charge < -0.3 is 14.7 Å². The van der Waals surface area contributed by atoms with Gasteiger partial charge in [-0.1, -0.05) is 6.92 Å². The van der Waals surface area contributed by atoms with Gasteiger partial charge in [-0.25, -0.2) is 4.79 Å². The minimum Gasteiger partial charge on any atom is -0.444 e. The van der Waals surface area contributed by atoms with E-state index in [1.807, 2.05) is 27.7 Å². The monoisotopic (exact) mass is 229 g/mol. The first-order chi connectivity index (χ1) is 7.33. The molecule has 1 fully saturated rings. The van der Waals surface area contributed by atoms with E-state index in [1.54, 1.807) is 4.90 Å². The zero-order valence-electron chi connectivity index (χ0n) is 10.7. The summed E-state index contributed by atoms with van der Waals surface area (Å²) in [5.74, 6) is 0.182. The van der Waals surface area contributed by atoms with E-state index in [0.717, 1.165) is 6.42 Å². The number of carbonyl (C=O) groups excluding carboxylic acids is 1. The average molecular weight is 229 g/mol. The normalized spacial score (nSPS) is 26.7. The minimum absolute atomic E-state index is 0.182. The summed E-state index contributed by atoms with van der Waals surface area (Å²) in [4.78, 5) is 13.5. The Balaban J connectivity index is 2.52. The molecular formula is C12H23NO3. The zero-order valence-corrected chi connectivity index (χ0v) is 10.7. The van der Waals surface area contributed by atoms with E-state index in [-0.39, 0.29) is 18.1 Å². The number of likely N-dealkylation sites (tertiary alicyclic amines) is 1. The Hall–Kier alpha value is -0.770. The number of nitrogens with zero attached hydrogens (tertiary/aromatic N) is 1. The summed E-state index contributed by atoms with van der Waals surface area (Å²) in [6, 6.07) is 0. The third-order valence-corrected chi connectivity index (χ3v) is 2.87. The third kappa shape index (κ3) is 3.67. The second-order valence-corrected chi connectivity index (χ2v) is 5.45. The van der Waals surface area contributed by atoms with Crippen LogP contribution in [0.3, 0.4) is 0 Å². The van der Waals surface area contributed by atoms with E-state index in [0.29, 0.717) is 19.5 Å². The summed E-state index contributed by atoms with van der Waals surface area (Å²) >= 11 is 0. The predicted octanol–water partition coefficient (Wildman–Crippen LogP) is 2.01. The molecule has 1 saturated heterocycles. The first kappa shape index (κ1) is 13.3. The van der Waals surface area contributed by atoms with Gasteiger partial charge >= 0.3 is 6.09 Å². The lowest BCUT2D eigenvalue weighted by molar-refractivity contribution is -0.00896. The highest BCUT2D eigenvalue weighted by molar-refractivity contribution is 5.68. The molecule has 4 heteroatoms. The SMILES string of the molecule is CC[C@H]1CN(C(=O)OC(C)(C)C)CC[C@H]1O. The van der Waals surface area contributed by atoms with Crippen molar-refractivity contribution in [2.24, 2.45) is 5.92 Å². The van der Waals surface area contributed by atoms with Crippen LogP contribution in [-0.2, 0) is 4.74 Å². The van der Waals surface area contributed by atoms with E-state index in [4.69, 9.17) is 4.74 Å². The lowest BCUT2D eigenvalue weighted by Gasteiger charge is -2.36. The van der Waals surface area contributed by atoms with Crippen molar-refractivity contribution in [1.82, 2.24) is 4.90 Å². The highest BCUT2D eigenvalue weighted by Gasteiger charge is 2.31. The first-order valence-electron chi connectivity index (χ1n) is 5.99. The van der Waals surface area contributed by atoms with Gasteiger partial charge in [0, 0.05) is 19.0 Å². The molecule has 1 N–H and O–H groups in total. The number of hydrogen-bond acceptors (Lipinski definition) is 3. The van der Waals surface area contributed by atoms with Crippen molar-refractivity contribution in [1.29, 1.82) is 0 Å². The van der Waals surface area contributed by atoms with Crippen molar-refractivity contribution in [3.63, 3.8) is 0 Å². The van der Waals surface area contributed by atoms with Gasteiger partial charge in [-0.15, -0.1) is 0 Å². The van der Waals surface area contributed by atoms with Crippen molar-refractivity contribution in [3.8, 4) is 0 Å². The van der Waals surface area contributed by atoms with E-state index in [2.05, 4.69) is 0 Å². The summed E-state index contributed by atoms with van der Waals surface area (Å²) in [6.45, 7) is 8.81. The van der Waals surface area contributed by atoms with Gasteiger partial charge in [0.25, 0.3) is 0 Å². The van der Waals surface area contributed by atoms with Crippen LogP contribution in [-0.4, -0.2) is 40.9 Å². The van der Waals surface area contributed by atoms with Crippen LogP contribution in [0.15, 0.2) is 0 Å². The number of amides is 1. The van der Waals surface area contributed by atoms with E-state index in [1.165, 1.54) is 0 Å². The van der Waals surface area contributed by atoms with Crippen LogP contribution in [0.1, 0.15) is 40.5 Å². The van der Waals surface area contributed by atoms with Gasteiger partial charge in [0.2, 0.25) is 0 Å². The molecular weight excluding hydrogens is 206 g/mol. The maximum Gasteiger partial charge on any atom is 0.410 e. The maximum atomic E-state index is 11.8. The molecule has 0 saturated carbocycles. The third-order valence-electron chi connectivity index (χ3n) is 2.87. The molecule has 0 aromatic heterocycles. The van der Waals surface area contributed by atoms with E-state index >= 15 is 0 Å². The molecule has 1 aliphatic heterocycles. The maximum absolute atomic E-state index is 11.8. The molecule has 0 bridgehead atoms. The number of ether oxygens (including phenoxy) is 1. The van der Waals surface area contributed by atoms with Gasteiger partial charge in [0.05, 0.1) is 6.10 Å². The second-order valence-electron chi connectivity index (χ2n) is 5.45. The molecule has 0 radical (unpaired) electrons. The first-order valence-corrected chi connectivity index (χ1v) is 5.99. The van der Waals surface area contributed by atoms with Crippen LogP contribution >= 0.6 is 0 Å². The second kappa shape index (κ2) is 5.04. The topological polar surface area (TPSA) is 49.8 Å². The lowest BCUT2D eigenvalue weighted by Crippen LogP contribution is -2.47. The smallest absolute Gasteiger partial charge is 0.410 e. The molecule has 16 heavy (non-hydrogen) atoms. The van der Waals surface area contributed by atoms with Crippen LogP contribution in [0, 0.1) is 5.92 Å². The zero-order chi connectivity index (χ0) is 12.3. The molecule has 2 atom stereocenters. The Labute approximate surface area is 97.6 Å². The minimum atomic E-state index is -0.450. The fourth-order valence-electron chi connectivity index (χ4n) is 1.91. The summed E-state index contributed by atoms with van der Waals surface area (Å²) in [7, 11) is 0. The Morgan fingerprint density at radius 2 is 2.12 bits per heavy atom. The highest BCUT2D eigenvalue weighted by Crippen LogP contribution is 2.21. The van der Waals surface area contributed by atoms with Gasteiger partial charge in [0.15, 0.2) is 0 Å². The van der Waals surface area contributed by atoms with Crippen LogP contribution in [0.25, 0.3) is 0 Å². The number of carbonyl (C=O) groups is 1. The molecule has 4 nitrogen and oxygen atoms in total. The standard InChI is InChI=1S/C12H23NO3/c1-5-9-8-13(7-6-10(9)14)11(15)16-12(2,3)4/h9-10,14H,5-8H2,1-4H3/t9-,10+/m0/s1. The Morgan fingerprint density at radius 3 is 2.62 bits per heavy atom. The molecule has 1 aliphatic rings. The van der Waals surface area contributed by atoms with Crippen LogP contribution in [0.5, 0.6) is 0 Å². The van der Waals surface area contributed by atoms with Gasteiger partial charge in [0.1, 0.15) is 5.60 Å². The summed E-state index contributed by atoms with van der Waals surface area (Å²) < 4.78 is 5.31. The fourth-order valence-corrected chi connectivity index (χ4v) is 1.91. The predicted molar refractivity (Wildman–Crippen MR) is 62.2 cm³/mol. The molecule has 0 aromatic rings.